The minimum Gasteiger partial charge on any atom is -0.369 e. The molecule has 2 N–H and O–H groups in total. The Balaban J connectivity index is 2.02. The Labute approximate surface area is 97.8 Å². The first-order valence-corrected chi connectivity index (χ1v) is 6.10. The van der Waals surface area contributed by atoms with Crippen LogP contribution >= 0.6 is 0 Å². The molecule has 0 bridgehead atoms. The van der Waals surface area contributed by atoms with Crippen LogP contribution in [-0.2, 0) is 6.54 Å². The van der Waals surface area contributed by atoms with Gasteiger partial charge in [0.1, 0.15) is 0 Å². The van der Waals surface area contributed by atoms with Gasteiger partial charge in [0.15, 0.2) is 0 Å². The van der Waals surface area contributed by atoms with Crippen molar-refractivity contribution < 1.29 is 0 Å². The maximum atomic E-state index is 5.67. The Morgan fingerprint density at radius 3 is 2.56 bits per heavy atom. The average Bonchev–Trinajstić information content (AvgIpc) is 2.39. The number of piperazine rings is 1. The summed E-state index contributed by atoms with van der Waals surface area (Å²) >= 11 is 0. The number of likely N-dealkylation sites (N-methyl/N-ethyl adjacent to an activating group) is 1. The molecule has 0 saturated carbocycles. The second-order valence-corrected chi connectivity index (χ2v) is 4.30. The zero-order valence-electron chi connectivity index (χ0n) is 10.0. The third kappa shape index (κ3) is 2.54. The molecule has 1 fully saturated rings. The van der Waals surface area contributed by atoms with Crippen molar-refractivity contribution >= 4 is 5.69 Å². The SMILES string of the molecule is CCN1CCN(c2cccc(CN)c2)CC1. The van der Waals surface area contributed by atoms with Crippen LogP contribution < -0.4 is 10.6 Å². The number of nitrogens with two attached hydrogens (primary N) is 1. The van der Waals surface area contributed by atoms with Crippen molar-refractivity contribution in [2.45, 2.75) is 13.5 Å². The van der Waals surface area contributed by atoms with Crippen molar-refractivity contribution in [3.05, 3.63) is 29.8 Å². The number of benzene rings is 1. The van der Waals surface area contributed by atoms with Gasteiger partial charge in [-0.2, -0.15) is 0 Å². The van der Waals surface area contributed by atoms with Crippen LogP contribution in [0.25, 0.3) is 0 Å². The second-order valence-electron chi connectivity index (χ2n) is 4.30. The Bertz CT molecular complexity index is 330. The molecule has 1 heterocycles. The van der Waals surface area contributed by atoms with Gasteiger partial charge in [0.2, 0.25) is 0 Å². The molecule has 1 aliphatic heterocycles. The molecule has 1 aromatic rings. The number of rotatable bonds is 3. The van der Waals surface area contributed by atoms with Crippen LogP contribution in [0.3, 0.4) is 0 Å². The summed E-state index contributed by atoms with van der Waals surface area (Å²) < 4.78 is 0. The fourth-order valence-electron chi connectivity index (χ4n) is 2.20. The van der Waals surface area contributed by atoms with Gasteiger partial charge in [-0.15, -0.1) is 0 Å². The zero-order valence-corrected chi connectivity index (χ0v) is 10.0. The minimum absolute atomic E-state index is 0.628. The summed E-state index contributed by atoms with van der Waals surface area (Å²) in [7, 11) is 0. The highest BCUT2D eigenvalue weighted by Crippen LogP contribution is 2.17. The van der Waals surface area contributed by atoms with Crippen LogP contribution in [0.4, 0.5) is 5.69 Å². The van der Waals surface area contributed by atoms with Gasteiger partial charge in [-0.3, -0.25) is 0 Å². The summed E-state index contributed by atoms with van der Waals surface area (Å²) in [5, 5.41) is 0. The van der Waals surface area contributed by atoms with E-state index in [1.54, 1.807) is 0 Å². The summed E-state index contributed by atoms with van der Waals surface area (Å²) in [6, 6.07) is 8.58. The van der Waals surface area contributed by atoms with Gasteiger partial charge in [0.05, 0.1) is 0 Å². The molecule has 0 spiro atoms. The van der Waals surface area contributed by atoms with Crippen LogP contribution in [0.2, 0.25) is 0 Å². The third-order valence-corrected chi connectivity index (χ3v) is 3.33. The van der Waals surface area contributed by atoms with E-state index >= 15 is 0 Å². The summed E-state index contributed by atoms with van der Waals surface area (Å²) in [6.07, 6.45) is 0. The van der Waals surface area contributed by atoms with Crippen LogP contribution in [0.1, 0.15) is 12.5 Å². The van der Waals surface area contributed by atoms with E-state index in [-0.39, 0.29) is 0 Å². The highest BCUT2D eigenvalue weighted by molar-refractivity contribution is 5.49. The topological polar surface area (TPSA) is 32.5 Å². The van der Waals surface area contributed by atoms with Gasteiger partial charge < -0.3 is 15.5 Å². The van der Waals surface area contributed by atoms with Crippen LogP contribution in [0.5, 0.6) is 0 Å². The van der Waals surface area contributed by atoms with E-state index in [1.807, 2.05) is 0 Å². The summed E-state index contributed by atoms with van der Waals surface area (Å²) in [4.78, 5) is 4.94. The second kappa shape index (κ2) is 5.32. The van der Waals surface area contributed by atoms with Crippen LogP contribution in [0, 0.1) is 0 Å². The quantitative estimate of drug-likeness (QED) is 0.831. The van der Waals surface area contributed by atoms with E-state index in [4.69, 9.17) is 5.73 Å². The Hall–Kier alpha value is -1.06. The molecule has 3 heteroatoms. The molecule has 0 aliphatic carbocycles. The third-order valence-electron chi connectivity index (χ3n) is 3.33. The van der Waals surface area contributed by atoms with Crippen molar-refractivity contribution in [1.82, 2.24) is 4.90 Å². The molecule has 0 unspecified atom stereocenters. The van der Waals surface area contributed by atoms with Gasteiger partial charge in [0.25, 0.3) is 0 Å². The first-order chi connectivity index (χ1) is 7.83. The van der Waals surface area contributed by atoms with Crippen molar-refractivity contribution in [2.75, 3.05) is 37.6 Å². The lowest BCUT2D eigenvalue weighted by Crippen LogP contribution is -2.46. The number of hydrogen-bond acceptors (Lipinski definition) is 3. The van der Waals surface area contributed by atoms with Crippen molar-refractivity contribution in [2.24, 2.45) is 5.73 Å². The van der Waals surface area contributed by atoms with E-state index in [1.165, 1.54) is 24.3 Å². The number of anilines is 1. The molecular formula is C13H21N3. The Morgan fingerprint density at radius 2 is 1.94 bits per heavy atom. The highest BCUT2D eigenvalue weighted by Gasteiger charge is 2.15. The summed E-state index contributed by atoms with van der Waals surface area (Å²) in [5.41, 5.74) is 8.20. The minimum atomic E-state index is 0.628. The fraction of sp³-hybridized carbons (Fsp3) is 0.538. The van der Waals surface area contributed by atoms with Gasteiger partial charge in [0, 0.05) is 38.4 Å². The van der Waals surface area contributed by atoms with Gasteiger partial charge >= 0.3 is 0 Å². The van der Waals surface area contributed by atoms with E-state index in [0.29, 0.717) is 6.54 Å². The number of nitrogens with zero attached hydrogens (tertiary/aromatic N) is 2. The molecule has 1 aliphatic rings. The molecule has 0 amide bonds. The Kier molecular flexibility index (Phi) is 3.80. The standard InChI is InChI=1S/C13H21N3/c1-2-15-6-8-16(9-7-15)13-5-3-4-12(10-13)11-14/h3-5,10H,2,6-9,11,14H2,1H3. The lowest BCUT2D eigenvalue weighted by atomic mass is 10.1. The monoisotopic (exact) mass is 219 g/mol. The molecule has 88 valence electrons. The van der Waals surface area contributed by atoms with Crippen LogP contribution in [-0.4, -0.2) is 37.6 Å². The molecule has 0 aromatic heterocycles. The molecular weight excluding hydrogens is 198 g/mol. The fourth-order valence-corrected chi connectivity index (χ4v) is 2.20. The first kappa shape index (κ1) is 11.4. The lowest BCUT2D eigenvalue weighted by Gasteiger charge is -2.35. The predicted molar refractivity (Wildman–Crippen MR) is 68.7 cm³/mol. The van der Waals surface area contributed by atoms with Gasteiger partial charge in [-0.05, 0) is 24.2 Å². The molecule has 1 aromatic carbocycles. The van der Waals surface area contributed by atoms with Gasteiger partial charge in [-0.1, -0.05) is 19.1 Å². The maximum Gasteiger partial charge on any atom is 0.0370 e. The molecule has 0 radical (unpaired) electrons. The van der Waals surface area contributed by atoms with Crippen molar-refractivity contribution in [1.29, 1.82) is 0 Å². The van der Waals surface area contributed by atoms with E-state index in [0.717, 1.165) is 19.6 Å². The van der Waals surface area contributed by atoms with Crippen molar-refractivity contribution in [3.63, 3.8) is 0 Å². The largest absolute Gasteiger partial charge is 0.369 e. The first-order valence-electron chi connectivity index (χ1n) is 6.10. The molecule has 3 nitrogen and oxygen atoms in total. The number of hydrogen-bond donors (Lipinski definition) is 1. The summed E-state index contributed by atoms with van der Waals surface area (Å²) in [5.74, 6) is 0. The maximum absolute atomic E-state index is 5.67. The van der Waals surface area contributed by atoms with E-state index < -0.39 is 0 Å². The smallest absolute Gasteiger partial charge is 0.0370 e. The van der Waals surface area contributed by atoms with E-state index in [9.17, 15) is 0 Å². The van der Waals surface area contributed by atoms with Gasteiger partial charge in [-0.25, -0.2) is 0 Å². The zero-order chi connectivity index (χ0) is 11.4. The molecule has 1 saturated heterocycles. The highest BCUT2D eigenvalue weighted by atomic mass is 15.3. The lowest BCUT2D eigenvalue weighted by molar-refractivity contribution is 0.271. The van der Waals surface area contributed by atoms with Crippen molar-refractivity contribution in [3.8, 4) is 0 Å². The van der Waals surface area contributed by atoms with Crippen LogP contribution in [0.15, 0.2) is 24.3 Å². The molecule has 16 heavy (non-hydrogen) atoms. The van der Waals surface area contributed by atoms with E-state index in [2.05, 4.69) is 41.0 Å². The predicted octanol–water partition coefficient (Wildman–Crippen LogP) is 1.29. The Morgan fingerprint density at radius 1 is 1.19 bits per heavy atom. The normalized spacial score (nSPS) is 17.8. The summed E-state index contributed by atoms with van der Waals surface area (Å²) in [6.45, 7) is 8.61. The molecule has 2 rings (SSSR count). The average molecular weight is 219 g/mol. The molecule has 0 atom stereocenters.